The number of anilines is 1. The van der Waals surface area contributed by atoms with Crippen LogP contribution in [0, 0.1) is 11.3 Å². The average molecular weight is 369 g/mol. The van der Waals surface area contributed by atoms with Gasteiger partial charge in [0.2, 0.25) is 5.78 Å². The van der Waals surface area contributed by atoms with Crippen molar-refractivity contribution in [1.82, 2.24) is 0 Å². The van der Waals surface area contributed by atoms with E-state index in [1.165, 1.54) is 11.1 Å². The third-order valence-corrected chi connectivity index (χ3v) is 4.70. The second-order valence-corrected chi connectivity index (χ2v) is 6.88. The van der Waals surface area contributed by atoms with Crippen LogP contribution in [0.2, 0.25) is 5.02 Å². The Bertz CT molecular complexity index is 885. The summed E-state index contributed by atoms with van der Waals surface area (Å²) in [5.74, 6) is -0.340. The Morgan fingerprint density at radius 3 is 2.64 bits per heavy atom. The Morgan fingerprint density at radius 1 is 1.20 bits per heavy atom. The number of allylic oxidation sites excluding steroid dienone is 5. The van der Waals surface area contributed by atoms with Crippen LogP contribution in [0.15, 0.2) is 66.3 Å². The molecular formula is C20H17ClN2OS. The highest BCUT2D eigenvalue weighted by atomic mass is 35.5. The fourth-order valence-corrected chi connectivity index (χ4v) is 3.02. The summed E-state index contributed by atoms with van der Waals surface area (Å²) in [5.41, 5.74) is 0.469. The Hall–Kier alpha value is -2.61. The molecule has 0 fully saturated rings. The second-order valence-electron chi connectivity index (χ2n) is 5.35. The lowest BCUT2D eigenvalue weighted by atomic mass is 10.0. The average Bonchev–Trinajstić information content (AvgIpc) is 3.07. The number of thiophene rings is 1. The summed E-state index contributed by atoms with van der Waals surface area (Å²) in [6.45, 7) is 0. The van der Waals surface area contributed by atoms with E-state index in [1.54, 1.807) is 47.8 Å². The molecule has 0 spiro atoms. The number of nitriles is 1. The predicted molar refractivity (Wildman–Crippen MR) is 106 cm³/mol. The van der Waals surface area contributed by atoms with Crippen molar-refractivity contribution in [3.8, 4) is 6.07 Å². The van der Waals surface area contributed by atoms with E-state index in [2.05, 4.69) is 11.0 Å². The monoisotopic (exact) mass is 368 g/mol. The van der Waals surface area contributed by atoms with Gasteiger partial charge in [-0.05, 0) is 36.4 Å². The normalized spacial score (nSPS) is 11.8. The lowest BCUT2D eigenvalue weighted by Gasteiger charge is -2.06. The zero-order valence-electron chi connectivity index (χ0n) is 13.9. The molecule has 3 nitrogen and oxygen atoms in total. The third-order valence-electron chi connectivity index (χ3n) is 3.25. The second kappa shape index (κ2) is 9.03. The molecule has 0 N–H and O–H groups in total. The molecule has 0 atom stereocenters. The zero-order chi connectivity index (χ0) is 18.2. The molecule has 0 unspecified atom stereocenters. The van der Waals surface area contributed by atoms with Crippen molar-refractivity contribution in [2.24, 2.45) is 0 Å². The van der Waals surface area contributed by atoms with Gasteiger partial charge in [0.1, 0.15) is 6.07 Å². The van der Waals surface area contributed by atoms with Crippen molar-refractivity contribution in [3.63, 3.8) is 0 Å². The van der Waals surface area contributed by atoms with E-state index in [1.807, 2.05) is 38.4 Å². The summed E-state index contributed by atoms with van der Waals surface area (Å²) in [6, 6.07) is 12.6. The van der Waals surface area contributed by atoms with Crippen LogP contribution in [0.3, 0.4) is 0 Å². The summed E-state index contributed by atoms with van der Waals surface area (Å²) < 4.78 is 0. The molecule has 0 saturated carbocycles. The van der Waals surface area contributed by atoms with Gasteiger partial charge in [0.15, 0.2) is 0 Å². The number of ketones is 1. The first kappa shape index (κ1) is 18.7. The minimum Gasteiger partial charge on any atom is -0.370 e. The summed E-state index contributed by atoms with van der Waals surface area (Å²) in [6.07, 6.45) is 8.83. The summed E-state index contributed by atoms with van der Waals surface area (Å²) >= 11 is 7.57. The number of carbonyl (C=O) groups is 1. The molecule has 1 heterocycles. The van der Waals surface area contributed by atoms with Crippen LogP contribution in [0.25, 0.3) is 6.08 Å². The smallest absolute Gasteiger partial charge is 0.203 e. The van der Waals surface area contributed by atoms with Gasteiger partial charge in [0.05, 0.1) is 10.6 Å². The van der Waals surface area contributed by atoms with Crippen LogP contribution in [-0.2, 0) is 0 Å². The van der Waals surface area contributed by atoms with Crippen molar-refractivity contribution in [1.29, 1.82) is 5.26 Å². The van der Waals surface area contributed by atoms with Crippen molar-refractivity contribution < 1.29 is 4.79 Å². The van der Waals surface area contributed by atoms with Crippen LogP contribution < -0.4 is 4.90 Å². The standard InChI is InChI=1S/C20H17ClN2OS/c1-23(2)19-12-11-18(25-19)10-5-3-4-7-16(14-22)20(24)15-8-6-9-17(21)13-15/h3-13H,1-2H3. The number of Topliss-reactive ketones (excluding diaryl/α,β-unsaturated/α-hetero) is 1. The van der Waals surface area contributed by atoms with Gasteiger partial charge in [-0.25, -0.2) is 0 Å². The number of nitrogens with zero attached hydrogens (tertiary/aromatic N) is 2. The third kappa shape index (κ3) is 5.46. The van der Waals surface area contributed by atoms with Gasteiger partial charge in [0, 0.05) is 29.6 Å². The number of hydrogen-bond acceptors (Lipinski definition) is 4. The number of halogens is 1. The Kier molecular flexibility index (Phi) is 6.76. The number of rotatable bonds is 6. The molecule has 2 rings (SSSR count). The van der Waals surface area contributed by atoms with Crippen molar-refractivity contribution in [3.05, 3.63) is 81.7 Å². The molecule has 0 amide bonds. The molecule has 0 saturated heterocycles. The first-order valence-electron chi connectivity index (χ1n) is 7.54. The molecule has 1 aromatic heterocycles. The van der Waals surface area contributed by atoms with Gasteiger partial charge in [-0.2, -0.15) is 5.26 Å². The first-order chi connectivity index (χ1) is 12.0. The summed E-state index contributed by atoms with van der Waals surface area (Å²) in [7, 11) is 4.01. The molecule has 2 aromatic rings. The van der Waals surface area contributed by atoms with E-state index >= 15 is 0 Å². The van der Waals surface area contributed by atoms with Crippen molar-refractivity contribution in [2.75, 3.05) is 19.0 Å². The van der Waals surface area contributed by atoms with E-state index in [4.69, 9.17) is 11.6 Å². The van der Waals surface area contributed by atoms with E-state index < -0.39 is 0 Å². The maximum atomic E-state index is 12.3. The maximum absolute atomic E-state index is 12.3. The summed E-state index contributed by atoms with van der Waals surface area (Å²) in [4.78, 5) is 15.5. The van der Waals surface area contributed by atoms with Crippen LogP contribution in [0.1, 0.15) is 15.2 Å². The fourth-order valence-electron chi connectivity index (χ4n) is 1.99. The molecule has 0 aliphatic rings. The van der Waals surface area contributed by atoms with Crippen LogP contribution in [0.5, 0.6) is 0 Å². The van der Waals surface area contributed by atoms with E-state index in [9.17, 15) is 10.1 Å². The predicted octanol–water partition coefficient (Wildman–Crippen LogP) is 5.37. The van der Waals surface area contributed by atoms with Crippen LogP contribution >= 0.6 is 22.9 Å². The van der Waals surface area contributed by atoms with Gasteiger partial charge >= 0.3 is 0 Å². The summed E-state index contributed by atoms with van der Waals surface area (Å²) in [5, 5.41) is 10.8. The minimum absolute atomic E-state index is 0.0675. The van der Waals surface area contributed by atoms with E-state index in [0.29, 0.717) is 10.6 Å². The molecule has 0 aliphatic carbocycles. The van der Waals surface area contributed by atoms with Gasteiger partial charge in [-0.3, -0.25) is 4.79 Å². The highest BCUT2D eigenvalue weighted by Crippen LogP contribution is 2.25. The maximum Gasteiger partial charge on any atom is 0.203 e. The molecule has 0 radical (unpaired) electrons. The first-order valence-corrected chi connectivity index (χ1v) is 8.73. The quantitative estimate of drug-likeness (QED) is 0.298. The van der Waals surface area contributed by atoms with Crippen molar-refractivity contribution >= 4 is 39.8 Å². The number of benzene rings is 1. The SMILES string of the molecule is CN(C)c1ccc(C=CC=CC=C(C#N)C(=O)c2cccc(Cl)c2)s1. The molecular weight excluding hydrogens is 352 g/mol. The van der Waals surface area contributed by atoms with E-state index in [0.717, 1.165) is 4.88 Å². The Labute approximate surface area is 156 Å². The Morgan fingerprint density at radius 2 is 2.00 bits per heavy atom. The van der Waals surface area contributed by atoms with Gasteiger partial charge in [-0.15, -0.1) is 11.3 Å². The number of hydrogen-bond donors (Lipinski definition) is 0. The number of carbonyl (C=O) groups excluding carboxylic acids is 1. The van der Waals surface area contributed by atoms with Crippen molar-refractivity contribution in [2.45, 2.75) is 0 Å². The minimum atomic E-state index is -0.340. The molecule has 126 valence electrons. The zero-order valence-corrected chi connectivity index (χ0v) is 15.5. The van der Waals surface area contributed by atoms with Gasteiger partial charge < -0.3 is 4.90 Å². The highest BCUT2D eigenvalue weighted by Gasteiger charge is 2.11. The topological polar surface area (TPSA) is 44.1 Å². The Balaban J connectivity index is 2.04. The molecule has 0 bridgehead atoms. The largest absolute Gasteiger partial charge is 0.370 e. The van der Waals surface area contributed by atoms with Crippen LogP contribution in [-0.4, -0.2) is 19.9 Å². The molecule has 1 aromatic carbocycles. The molecule has 25 heavy (non-hydrogen) atoms. The highest BCUT2D eigenvalue weighted by molar-refractivity contribution is 7.16. The lowest BCUT2D eigenvalue weighted by Crippen LogP contribution is -2.05. The molecule has 5 heteroatoms. The van der Waals surface area contributed by atoms with E-state index in [-0.39, 0.29) is 11.4 Å². The lowest BCUT2D eigenvalue weighted by molar-refractivity contribution is 0.103. The molecule has 0 aliphatic heterocycles. The van der Waals surface area contributed by atoms with Gasteiger partial charge in [0.25, 0.3) is 0 Å². The van der Waals surface area contributed by atoms with Crippen LogP contribution in [0.4, 0.5) is 5.00 Å². The fraction of sp³-hybridized carbons (Fsp3) is 0.100. The van der Waals surface area contributed by atoms with Gasteiger partial charge in [-0.1, -0.05) is 42.0 Å².